The Bertz CT molecular complexity index is 584. The van der Waals surface area contributed by atoms with E-state index in [1.54, 1.807) is 0 Å². The van der Waals surface area contributed by atoms with Gasteiger partial charge in [0.1, 0.15) is 0 Å². The van der Waals surface area contributed by atoms with Crippen LogP contribution in [0.15, 0.2) is 30.6 Å². The number of Topliss-reactive ketones (excluding diaryl/α,β-unsaturated/α-hetero) is 1. The molecule has 0 amide bonds. The van der Waals surface area contributed by atoms with Crippen molar-refractivity contribution in [2.75, 3.05) is 0 Å². The highest BCUT2D eigenvalue weighted by Crippen LogP contribution is 2.27. The van der Waals surface area contributed by atoms with Crippen molar-refractivity contribution in [2.24, 2.45) is 0 Å². The average molecular weight is 226 g/mol. The number of nitrogens with zero attached hydrogens (tertiary/aromatic N) is 2. The number of benzene rings is 1. The van der Waals surface area contributed by atoms with E-state index < -0.39 is 0 Å². The van der Waals surface area contributed by atoms with Crippen molar-refractivity contribution in [2.45, 2.75) is 26.3 Å². The number of hydrogen-bond acceptors (Lipinski definition) is 2. The van der Waals surface area contributed by atoms with Gasteiger partial charge in [-0.3, -0.25) is 9.48 Å². The minimum atomic E-state index is 0.268. The highest BCUT2D eigenvalue weighted by molar-refractivity contribution is 6.01. The predicted octanol–water partition coefficient (Wildman–Crippen LogP) is 2.70. The van der Waals surface area contributed by atoms with Crippen LogP contribution < -0.4 is 0 Å². The first kappa shape index (κ1) is 10.3. The normalized spacial score (nSPS) is 14.1. The molecule has 1 heterocycles. The van der Waals surface area contributed by atoms with Gasteiger partial charge in [-0.15, -0.1) is 0 Å². The summed E-state index contributed by atoms with van der Waals surface area (Å²) in [6.45, 7) is 2.92. The molecule has 0 unspecified atom stereocenters. The fourth-order valence-electron chi connectivity index (χ4n) is 2.30. The van der Waals surface area contributed by atoms with Gasteiger partial charge >= 0.3 is 0 Å². The summed E-state index contributed by atoms with van der Waals surface area (Å²) < 4.78 is 1.89. The van der Waals surface area contributed by atoms with Gasteiger partial charge in [-0.1, -0.05) is 12.1 Å². The fourth-order valence-corrected chi connectivity index (χ4v) is 2.30. The van der Waals surface area contributed by atoms with E-state index in [1.807, 2.05) is 23.1 Å². The van der Waals surface area contributed by atoms with Gasteiger partial charge in [-0.2, -0.15) is 5.10 Å². The summed E-state index contributed by atoms with van der Waals surface area (Å²) in [5.41, 5.74) is 4.24. The molecule has 0 N–H and O–H groups in total. The van der Waals surface area contributed by atoms with E-state index in [9.17, 15) is 4.79 Å². The summed E-state index contributed by atoms with van der Waals surface area (Å²) in [6.07, 6.45) is 5.42. The molecule has 0 fully saturated rings. The number of aryl methyl sites for hydroxylation is 2. The molecule has 3 nitrogen and oxygen atoms in total. The number of aromatic nitrogens is 2. The summed E-state index contributed by atoms with van der Waals surface area (Å²) in [5.74, 6) is 0.268. The van der Waals surface area contributed by atoms with E-state index in [2.05, 4.69) is 24.2 Å². The summed E-state index contributed by atoms with van der Waals surface area (Å²) in [4.78, 5) is 11.7. The SMILES string of the molecule is CCn1cc(-c2ccc3c(c2)C(=O)CC3)cn1. The van der Waals surface area contributed by atoms with Crippen molar-refractivity contribution in [1.29, 1.82) is 0 Å². The molecule has 3 rings (SSSR count). The molecular formula is C14H14N2O. The van der Waals surface area contributed by atoms with Gasteiger partial charge in [0.2, 0.25) is 0 Å². The Balaban J connectivity index is 2.04. The average Bonchev–Trinajstić information content (AvgIpc) is 2.96. The molecule has 0 bridgehead atoms. The van der Waals surface area contributed by atoms with Gasteiger partial charge in [0.05, 0.1) is 6.20 Å². The molecule has 1 aromatic carbocycles. The molecule has 1 aliphatic rings. The highest BCUT2D eigenvalue weighted by Gasteiger charge is 2.19. The van der Waals surface area contributed by atoms with Gasteiger partial charge in [0.15, 0.2) is 5.78 Å². The second-order valence-corrected chi connectivity index (χ2v) is 4.38. The minimum absolute atomic E-state index is 0.268. The van der Waals surface area contributed by atoms with Crippen molar-refractivity contribution in [3.05, 3.63) is 41.7 Å². The van der Waals surface area contributed by atoms with Crippen LogP contribution in [0, 0.1) is 0 Å². The van der Waals surface area contributed by atoms with E-state index in [1.165, 1.54) is 5.56 Å². The van der Waals surface area contributed by atoms with Crippen LogP contribution in [0.3, 0.4) is 0 Å². The largest absolute Gasteiger partial charge is 0.294 e. The summed E-state index contributed by atoms with van der Waals surface area (Å²) in [5, 5.41) is 4.26. The van der Waals surface area contributed by atoms with Crippen molar-refractivity contribution in [1.82, 2.24) is 9.78 Å². The number of ketones is 1. The molecule has 0 spiro atoms. The molecule has 17 heavy (non-hydrogen) atoms. The van der Waals surface area contributed by atoms with Crippen LogP contribution in [0.1, 0.15) is 29.3 Å². The van der Waals surface area contributed by atoms with Gasteiger partial charge in [-0.25, -0.2) is 0 Å². The van der Waals surface area contributed by atoms with Crippen LogP contribution in [0.4, 0.5) is 0 Å². The van der Waals surface area contributed by atoms with E-state index in [-0.39, 0.29) is 5.78 Å². The van der Waals surface area contributed by atoms with Crippen LogP contribution in [0.25, 0.3) is 11.1 Å². The molecular weight excluding hydrogens is 212 g/mol. The number of rotatable bonds is 2. The summed E-state index contributed by atoms with van der Waals surface area (Å²) in [7, 11) is 0. The van der Waals surface area contributed by atoms with Crippen molar-refractivity contribution in [3.8, 4) is 11.1 Å². The third-order valence-corrected chi connectivity index (χ3v) is 3.32. The number of fused-ring (bicyclic) bond motifs is 1. The second kappa shape index (κ2) is 3.84. The second-order valence-electron chi connectivity index (χ2n) is 4.38. The lowest BCUT2D eigenvalue weighted by Crippen LogP contribution is -1.92. The quantitative estimate of drug-likeness (QED) is 0.789. The standard InChI is InChI=1S/C14H14N2O/c1-2-16-9-12(8-15-16)11-4-3-10-5-6-14(17)13(10)7-11/h3-4,7-9H,2,5-6H2,1H3. The van der Waals surface area contributed by atoms with Crippen molar-refractivity contribution < 1.29 is 4.79 Å². The first-order valence-electron chi connectivity index (χ1n) is 5.97. The first-order valence-corrected chi connectivity index (χ1v) is 5.97. The lowest BCUT2D eigenvalue weighted by Gasteiger charge is -2.01. The molecule has 1 aromatic heterocycles. The molecule has 2 aromatic rings. The molecule has 0 radical (unpaired) electrons. The van der Waals surface area contributed by atoms with Gasteiger partial charge < -0.3 is 0 Å². The molecule has 0 aliphatic heterocycles. The number of carbonyl (C=O) groups excluding carboxylic acids is 1. The summed E-state index contributed by atoms with van der Waals surface area (Å²) in [6, 6.07) is 6.15. The Morgan fingerprint density at radius 2 is 2.18 bits per heavy atom. The van der Waals surface area contributed by atoms with Crippen LogP contribution in [0.5, 0.6) is 0 Å². The number of hydrogen-bond donors (Lipinski definition) is 0. The number of carbonyl (C=O) groups is 1. The van der Waals surface area contributed by atoms with E-state index in [0.717, 1.165) is 29.7 Å². The topological polar surface area (TPSA) is 34.9 Å². The highest BCUT2D eigenvalue weighted by atomic mass is 16.1. The molecule has 86 valence electrons. The van der Waals surface area contributed by atoms with Crippen LogP contribution >= 0.6 is 0 Å². The van der Waals surface area contributed by atoms with Gasteiger partial charge in [0.25, 0.3) is 0 Å². The van der Waals surface area contributed by atoms with Crippen molar-refractivity contribution >= 4 is 5.78 Å². The predicted molar refractivity (Wildman–Crippen MR) is 66.0 cm³/mol. The van der Waals surface area contributed by atoms with Crippen LogP contribution in [0.2, 0.25) is 0 Å². The smallest absolute Gasteiger partial charge is 0.163 e. The lowest BCUT2D eigenvalue weighted by atomic mass is 10.0. The van der Waals surface area contributed by atoms with Gasteiger partial charge in [-0.05, 0) is 30.5 Å². The zero-order valence-electron chi connectivity index (χ0n) is 9.81. The first-order chi connectivity index (χ1) is 8.28. The zero-order valence-corrected chi connectivity index (χ0v) is 9.81. The Morgan fingerprint density at radius 3 is 2.94 bits per heavy atom. The van der Waals surface area contributed by atoms with E-state index in [4.69, 9.17) is 0 Å². The monoisotopic (exact) mass is 226 g/mol. The maximum atomic E-state index is 11.7. The third kappa shape index (κ3) is 1.68. The van der Waals surface area contributed by atoms with Crippen LogP contribution in [-0.4, -0.2) is 15.6 Å². The Labute approximate surface area is 100 Å². The maximum absolute atomic E-state index is 11.7. The molecule has 0 saturated heterocycles. The van der Waals surface area contributed by atoms with E-state index in [0.29, 0.717) is 6.42 Å². The molecule has 0 saturated carbocycles. The zero-order chi connectivity index (χ0) is 11.8. The molecule has 1 aliphatic carbocycles. The Hall–Kier alpha value is -1.90. The van der Waals surface area contributed by atoms with Gasteiger partial charge in [0, 0.05) is 30.3 Å². The van der Waals surface area contributed by atoms with E-state index >= 15 is 0 Å². The third-order valence-electron chi connectivity index (χ3n) is 3.32. The molecule has 3 heteroatoms. The lowest BCUT2D eigenvalue weighted by molar-refractivity contribution is 0.0994. The Morgan fingerprint density at radius 1 is 1.29 bits per heavy atom. The minimum Gasteiger partial charge on any atom is -0.294 e. The maximum Gasteiger partial charge on any atom is 0.163 e. The summed E-state index contributed by atoms with van der Waals surface area (Å²) >= 11 is 0. The Kier molecular flexibility index (Phi) is 2.32. The van der Waals surface area contributed by atoms with Crippen molar-refractivity contribution in [3.63, 3.8) is 0 Å². The fraction of sp³-hybridized carbons (Fsp3) is 0.286. The van der Waals surface area contributed by atoms with Crippen LogP contribution in [-0.2, 0) is 13.0 Å². The molecule has 0 atom stereocenters.